The maximum absolute atomic E-state index is 11.8. The number of ether oxygens (including phenoxy) is 1. The number of esters is 1. The molecule has 25 heavy (non-hydrogen) atoms. The molecule has 0 saturated heterocycles. The van der Waals surface area contributed by atoms with Gasteiger partial charge in [0, 0.05) is 11.4 Å². The van der Waals surface area contributed by atoms with Crippen LogP contribution in [0, 0.1) is 0 Å². The summed E-state index contributed by atoms with van der Waals surface area (Å²) in [6.07, 6.45) is 0.812. The Balaban J connectivity index is 1.99. The molecule has 1 aromatic carbocycles. The van der Waals surface area contributed by atoms with E-state index in [2.05, 4.69) is 10.6 Å². The lowest BCUT2D eigenvalue weighted by Crippen LogP contribution is -2.28. The zero-order chi connectivity index (χ0) is 18.4. The fourth-order valence-corrected chi connectivity index (χ4v) is 3.29. The van der Waals surface area contributed by atoms with Gasteiger partial charge in [-0.05, 0) is 42.4 Å². The topological polar surface area (TPSA) is 87.7 Å². The summed E-state index contributed by atoms with van der Waals surface area (Å²) in [4.78, 5) is 23.7. The number of carbonyl (C=O) groups excluding carboxylic acids is 1. The summed E-state index contributed by atoms with van der Waals surface area (Å²) in [5, 5.41) is 16.0. The van der Waals surface area contributed by atoms with E-state index >= 15 is 0 Å². The summed E-state index contributed by atoms with van der Waals surface area (Å²) < 4.78 is 4.79. The summed E-state index contributed by atoms with van der Waals surface area (Å²) >= 11 is 6.72. The van der Waals surface area contributed by atoms with Gasteiger partial charge < -0.3 is 20.5 Å². The predicted octanol–water partition coefficient (Wildman–Crippen LogP) is 3.28. The van der Waals surface area contributed by atoms with Crippen LogP contribution in [0.4, 0.5) is 5.00 Å². The van der Waals surface area contributed by atoms with Crippen molar-refractivity contribution in [2.45, 2.75) is 19.9 Å². The number of nitrogens with one attached hydrogen (secondary N) is 2. The van der Waals surface area contributed by atoms with Gasteiger partial charge >= 0.3 is 11.9 Å². The zero-order valence-corrected chi connectivity index (χ0v) is 15.4. The molecule has 2 aromatic rings. The molecule has 6 nitrogen and oxygen atoms in total. The fourth-order valence-electron chi connectivity index (χ4n) is 2.07. The van der Waals surface area contributed by atoms with Crippen LogP contribution in [0.15, 0.2) is 30.3 Å². The molecule has 0 aliphatic carbocycles. The number of thiocarbonyl (C=S) groups is 1. The minimum Gasteiger partial charge on any atom is -0.478 e. The SMILES string of the molecule is CCc1cc(C(=O)OC)c(NC(=S)NCc2ccc(C(=O)O)cc2)s1. The van der Waals surface area contributed by atoms with E-state index in [9.17, 15) is 9.59 Å². The van der Waals surface area contributed by atoms with E-state index in [1.807, 2.05) is 6.92 Å². The highest BCUT2D eigenvalue weighted by molar-refractivity contribution is 7.80. The minimum atomic E-state index is -0.962. The van der Waals surface area contributed by atoms with E-state index in [0.29, 0.717) is 22.2 Å². The Morgan fingerprint density at radius 1 is 1.28 bits per heavy atom. The van der Waals surface area contributed by atoms with Crippen molar-refractivity contribution in [1.29, 1.82) is 0 Å². The van der Waals surface area contributed by atoms with Crippen LogP contribution in [0.3, 0.4) is 0 Å². The normalized spacial score (nSPS) is 10.2. The number of methoxy groups -OCH3 is 1. The molecule has 132 valence electrons. The lowest BCUT2D eigenvalue weighted by molar-refractivity contribution is 0.0601. The maximum atomic E-state index is 11.8. The van der Waals surface area contributed by atoms with Crippen molar-refractivity contribution in [2.75, 3.05) is 12.4 Å². The standard InChI is InChI=1S/C17H18N2O4S2/c1-3-12-8-13(16(22)23-2)14(25-12)19-17(24)18-9-10-4-6-11(7-5-10)15(20)21/h4-8H,3,9H2,1-2H3,(H,20,21)(H2,18,19,24). The van der Waals surface area contributed by atoms with E-state index in [1.54, 1.807) is 18.2 Å². The molecule has 0 atom stereocenters. The zero-order valence-electron chi connectivity index (χ0n) is 13.8. The molecule has 0 fully saturated rings. The average molecular weight is 378 g/mol. The third-order valence-electron chi connectivity index (χ3n) is 3.42. The molecule has 0 aliphatic rings. The average Bonchev–Trinajstić information content (AvgIpc) is 3.02. The van der Waals surface area contributed by atoms with E-state index in [4.69, 9.17) is 22.1 Å². The number of carboxylic acids is 1. The Morgan fingerprint density at radius 3 is 2.52 bits per heavy atom. The smallest absolute Gasteiger partial charge is 0.340 e. The Kier molecular flexibility index (Phi) is 6.49. The first-order chi connectivity index (χ1) is 11.9. The molecule has 0 bridgehead atoms. The van der Waals surface area contributed by atoms with Gasteiger partial charge in [0.1, 0.15) is 5.00 Å². The van der Waals surface area contributed by atoms with Gasteiger partial charge in [0.25, 0.3) is 0 Å². The lowest BCUT2D eigenvalue weighted by Gasteiger charge is -2.10. The summed E-state index contributed by atoms with van der Waals surface area (Å²) in [6.45, 7) is 2.44. The molecule has 1 heterocycles. The first-order valence-electron chi connectivity index (χ1n) is 7.52. The molecule has 0 aliphatic heterocycles. The monoisotopic (exact) mass is 378 g/mol. The van der Waals surface area contributed by atoms with Crippen molar-refractivity contribution in [3.8, 4) is 0 Å². The van der Waals surface area contributed by atoms with Crippen molar-refractivity contribution in [3.63, 3.8) is 0 Å². The van der Waals surface area contributed by atoms with E-state index < -0.39 is 11.9 Å². The van der Waals surface area contributed by atoms with Gasteiger partial charge in [0.15, 0.2) is 5.11 Å². The third-order valence-corrected chi connectivity index (χ3v) is 4.86. The molecule has 0 amide bonds. The molecule has 2 rings (SSSR count). The van der Waals surface area contributed by atoms with Gasteiger partial charge in [0.05, 0.1) is 18.2 Å². The number of benzene rings is 1. The number of carbonyl (C=O) groups is 2. The number of carboxylic acid groups (broad SMARTS) is 1. The lowest BCUT2D eigenvalue weighted by atomic mass is 10.1. The van der Waals surface area contributed by atoms with Crippen LogP contribution >= 0.6 is 23.6 Å². The van der Waals surface area contributed by atoms with Crippen molar-refractivity contribution in [3.05, 3.63) is 51.9 Å². The second kappa shape index (κ2) is 8.59. The van der Waals surface area contributed by atoms with E-state index in [1.165, 1.54) is 30.6 Å². The van der Waals surface area contributed by atoms with Crippen LogP contribution < -0.4 is 10.6 Å². The second-order valence-corrected chi connectivity index (χ2v) is 6.66. The molecule has 0 unspecified atom stereocenters. The Bertz CT molecular complexity index is 784. The molecular weight excluding hydrogens is 360 g/mol. The highest BCUT2D eigenvalue weighted by Gasteiger charge is 2.17. The van der Waals surface area contributed by atoms with Gasteiger partial charge in [-0.3, -0.25) is 0 Å². The van der Waals surface area contributed by atoms with Crippen LogP contribution in [-0.2, 0) is 17.7 Å². The molecular formula is C17H18N2O4S2. The molecule has 1 aromatic heterocycles. The number of aryl methyl sites for hydroxylation is 1. The van der Waals surface area contributed by atoms with E-state index in [-0.39, 0.29) is 5.56 Å². The number of thiophene rings is 1. The van der Waals surface area contributed by atoms with Gasteiger partial charge in [-0.1, -0.05) is 19.1 Å². The number of hydrogen-bond donors (Lipinski definition) is 3. The number of rotatable bonds is 6. The van der Waals surface area contributed by atoms with Crippen molar-refractivity contribution >= 4 is 45.6 Å². The summed E-state index contributed by atoms with van der Waals surface area (Å²) in [6, 6.07) is 8.32. The highest BCUT2D eigenvalue weighted by atomic mass is 32.1. The number of aromatic carboxylic acids is 1. The molecule has 0 radical (unpaired) electrons. The van der Waals surface area contributed by atoms with Crippen LogP contribution in [0.5, 0.6) is 0 Å². The first-order valence-corrected chi connectivity index (χ1v) is 8.75. The van der Waals surface area contributed by atoms with Crippen molar-refractivity contribution in [2.24, 2.45) is 0 Å². The third kappa shape index (κ3) is 5.01. The number of anilines is 1. The van der Waals surface area contributed by atoms with Gasteiger partial charge in [0.2, 0.25) is 0 Å². The Labute approximate surface area is 154 Å². The van der Waals surface area contributed by atoms with Gasteiger partial charge in [-0.15, -0.1) is 11.3 Å². The highest BCUT2D eigenvalue weighted by Crippen LogP contribution is 2.29. The first kappa shape index (κ1) is 18.9. The summed E-state index contributed by atoms with van der Waals surface area (Å²) in [5.74, 6) is -1.37. The second-order valence-electron chi connectivity index (χ2n) is 5.11. The summed E-state index contributed by atoms with van der Waals surface area (Å²) in [7, 11) is 1.34. The van der Waals surface area contributed by atoms with Crippen LogP contribution in [0.2, 0.25) is 0 Å². The van der Waals surface area contributed by atoms with E-state index in [0.717, 1.165) is 16.9 Å². The van der Waals surface area contributed by atoms with Crippen LogP contribution in [0.25, 0.3) is 0 Å². The maximum Gasteiger partial charge on any atom is 0.340 e. The fraction of sp³-hybridized carbons (Fsp3) is 0.235. The van der Waals surface area contributed by atoms with Crippen molar-refractivity contribution in [1.82, 2.24) is 5.32 Å². The Morgan fingerprint density at radius 2 is 1.96 bits per heavy atom. The number of hydrogen-bond acceptors (Lipinski definition) is 5. The molecule has 0 saturated carbocycles. The predicted molar refractivity (Wildman–Crippen MR) is 101 cm³/mol. The minimum absolute atomic E-state index is 0.234. The quantitative estimate of drug-likeness (QED) is 0.525. The van der Waals surface area contributed by atoms with Crippen molar-refractivity contribution < 1.29 is 19.4 Å². The van der Waals surface area contributed by atoms with Crippen LogP contribution in [0.1, 0.15) is 38.1 Å². The van der Waals surface area contributed by atoms with Gasteiger partial charge in [-0.25, -0.2) is 9.59 Å². The Hall–Kier alpha value is -2.45. The summed E-state index contributed by atoms with van der Waals surface area (Å²) in [5.41, 5.74) is 1.58. The van der Waals surface area contributed by atoms with Crippen LogP contribution in [-0.4, -0.2) is 29.3 Å². The molecule has 3 N–H and O–H groups in total. The molecule has 8 heteroatoms. The van der Waals surface area contributed by atoms with Gasteiger partial charge in [-0.2, -0.15) is 0 Å². The largest absolute Gasteiger partial charge is 0.478 e. The molecule has 0 spiro atoms.